The third-order valence-corrected chi connectivity index (χ3v) is 5.12. The van der Waals surface area contributed by atoms with Gasteiger partial charge in [0.1, 0.15) is 0 Å². The van der Waals surface area contributed by atoms with E-state index in [-0.39, 0.29) is 5.91 Å². The van der Waals surface area contributed by atoms with Crippen molar-refractivity contribution in [3.8, 4) is 0 Å². The number of anilines is 1. The highest BCUT2D eigenvalue weighted by atomic mass is 35.5. The van der Waals surface area contributed by atoms with Crippen molar-refractivity contribution in [1.82, 2.24) is 4.98 Å². The lowest BCUT2D eigenvalue weighted by molar-refractivity contribution is -0.116. The number of carbonyl (C=O) groups is 1. The largest absolute Gasteiger partial charge is 0.302 e. The van der Waals surface area contributed by atoms with E-state index in [4.69, 9.17) is 11.6 Å². The predicted molar refractivity (Wildman–Crippen MR) is 96.2 cm³/mol. The van der Waals surface area contributed by atoms with Gasteiger partial charge in [-0.1, -0.05) is 25.4 Å². The summed E-state index contributed by atoms with van der Waals surface area (Å²) in [5, 5.41) is 6.30. The first-order valence-electron chi connectivity index (χ1n) is 7.18. The minimum atomic E-state index is 0.0290. The summed E-state index contributed by atoms with van der Waals surface area (Å²) in [6, 6.07) is 7.75. The van der Waals surface area contributed by atoms with E-state index in [0.717, 1.165) is 22.9 Å². The fourth-order valence-corrected chi connectivity index (χ4v) is 3.61. The molecule has 0 atom stereocenters. The Bertz CT molecular complexity index is 611. The second-order valence-electron chi connectivity index (χ2n) is 5.19. The van der Waals surface area contributed by atoms with Crippen molar-refractivity contribution in [3.63, 3.8) is 0 Å². The summed E-state index contributed by atoms with van der Waals surface area (Å²) in [5.41, 5.74) is 1.03. The first kappa shape index (κ1) is 17.3. The van der Waals surface area contributed by atoms with Gasteiger partial charge in [-0.15, -0.1) is 23.1 Å². The number of halogens is 1. The molecule has 2 rings (SSSR count). The van der Waals surface area contributed by atoms with Crippen molar-refractivity contribution in [2.45, 2.75) is 37.5 Å². The number of nitrogens with zero attached hydrogens (tertiary/aromatic N) is 1. The summed E-state index contributed by atoms with van der Waals surface area (Å²) in [4.78, 5) is 17.5. The third kappa shape index (κ3) is 5.63. The summed E-state index contributed by atoms with van der Waals surface area (Å²) in [5.74, 6) is 1.32. The number of nitrogens with one attached hydrogen (secondary N) is 1. The lowest BCUT2D eigenvalue weighted by Gasteiger charge is -2.03. The molecule has 2 aromatic rings. The highest BCUT2D eigenvalue weighted by Gasteiger charge is 2.08. The van der Waals surface area contributed by atoms with Crippen molar-refractivity contribution < 1.29 is 4.79 Å². The number of hydrogen-bond acceptors (Lipinski definition) is 4. The number of carbonyl (C=O) groups excluding carboxylic acids is 1. The quantitative estimate of drug-likeness (QED) is 0.532. The number of amides is 1. The highest BCUT2D eigenvalue weighted by molar-refractivity contribution is 7.99. The number of rotatable bonds is 7. The molecule has 0 radical (unpaired) electrons. The van der Waals surface area contributed by atoms with Crippen LogP contribution in [0.3, 0.4) is 0 Å². The smallest absolute Gasteiger partial charge is 0.226 e. The van der Waals surface area contributed by atoms with Crippen LogP contribution in [-0.2, 0) is 4.79 Å². The van der Waals surface area contributed by atoms with Gasteiger partial charge in [-0.05, 0) is 42.4 Å². The van der Waals surface area contributed by atoms with Crippen LogP contribution in [-0.4, -0.2) is 16.6 Å². The minimum absolute atomic E-state index is 0.0290. The molecule has 0 fully saturated rings. The van der Waals surface area contributed by atoms with Crippen molar-refractivity contribution in [1.29, 1.82) is 0 Å². The summed E-state index contributed by atoms with van der Waals surface area (Å²) in [6.45, 7) is 4.18. The fraction of sp³-hybridized carbons (Fsp3) is 0.375. The molecule has 0 saturated carbocycles. The number of hydrogen-bond donors (Lipinski definition) is 1. The maximum absolute atomic E-state index is 11.9. The number of thiazole rings is 1. The molecule has 1 heterocycles. The van der Waals surface area contributed by atoms with Crippen LogP contribution in [0.2, 0.25) is 5.02 Å². The third-order valence-electron chi connectivity index (χ3n) is 2.99. The van der Waals surface area contributed by atoms with E-state index in [1.807, 2.05) is 29.6 Å². The summed E-state index contributed by atoms with van der Waals surface area (Å²) < 4.78 is 0. The maximum atomic E-state index is 11.9. The average molecular weight is 355 g/mol. The Balaban J connectivity index is 1.68. The SMILES string of the molecule is CC(C)c1csc(NC(=O)CCCSc2ccc(Cl)cc2)n1. The van der Waals surface area contributed by atoms with Gasteiger partial charge in [0.15, 0.2) is 5.13 Å². The fourth-order valence-electron chi connectivity index (χ4n) is 1.74. The lowest BCUT2D eigenvalue weighted by atomic mass is 10.2. The molecule has 0 saturated heterocycles. The second kappa shape index (κ2) is 8.56. The van der Waals surface area contributed by atoms with Crippen molar-refractivity contribution in [3.05, 3.63) is 40.4 Å². The molecule has 22 heavy (non-hydrogen) atoms. The molecule has 0 aliphatic rings. The first-order valence-corrected chi connectivity index (χ1v) is 9.42. The summed E-state index contributed by atoms with van der Waals surface area (Å²) in [6.07, 6.45) is 1.35. The van der Waals surface area contributed by atoms with Crippen LogP contribution in [0.5, 0.6) is 0 Å². The van der Waals surface area contributed by atoms with E-state index in [9.17, 15) is 4.79 Å². The van der Waals surface area contributed by atoms with Crippen LogP contribution < -0.4 is 5.32 Å². The van der Waals surface area contributed by atoms with Crippen LogP contribution in [0.4, 0.5) is 5.13 Å². The molecular weight excluding hydrogens is 336 g/mol. The van der Waals surface area contributed by atoms with Gasteiger partial charge in [-0.25, -0.2) is 4.98 Å². The van der Waals surface area contributed by atoms with Crippen LogP contribution in [0.1, 0.15) is 38.3 Å². The lowest BCUT2D eigenvalue weighted by Crippen LogP contribution is -2.11. The molecule has 0 aliphatic heterocycles. The van der Waals surface area contributed by atoms with Crippen LogP contribution in [0, 0.1) is 0 Å². The zero-order valence-corrected chi connectivity index (χ0v) is 15.0. The van der Waals surface area contributed by atoms with Gasteiger partial charge in [0.25, 0.3) is 0 Å². The molecule has 6 heteroatoms. The Morgan fingerprint density at radius 3 is 2.73 bits per heavy atom. The van der Waals surface area contributed by atoms with Crippen LogP contribution in [0.15, 0.2) is 34.5 Å². The molecule has 1 aromatic carbocycles. The standard InChI is InChI=1S/C16H19ClN2OS2/c1-11(2)14-10-22-16(18-14)19-15(20)4-3-9-21-13-7-5-12(17)6-8-13/h5-8,10-11H,3-4,9H2,1-2H3,(H,18,19,20). The number of benzene rings is 1. The molecule has 1 aromatic heterocycles. The zero-order chi connectivity index (χ0) is 15.9. The van der Waals surface area contributed by atoms with Gasteiger partial charge in [0, 0.05) is 21.7 Å². The molecule has 1 amide bonds. The zero-order valence-electron chi connectivity index (χ0n) is 12.6. The van der Waals surface area contributed by atoms with E-state index in [2.05, 4.69) is 24.1 Å². The average Bonchev–Trinajstić information content (AvgIpc) is 2.94. The predicted octanol–water partition coefficient (Wildman–Crippen LogP) is 5.43. The van der Waals surface area contributed by atoms with Gasteiger partial charge >= 0.3 is 0 Å². The molecule has 0 aliphatic carbocycles. The van der Waals surface area contributed by atoms with Crippen LogP contribution in [0.25, 0.3) is 0 Å². The number of thioether (sulfide) groups is 1. The van der Waals surface area contributed by atoms with Crippen LogP contribution >= 0.6 is 34.7 Å². The van der Waals surface area contributed by atoms with E-state index >= 15 is 0 Å². The molecule has 0 bridgehead atoms. The van der Waals surface area contributed by atoms with Crippen molar-refractivity contribution in [2.75, 3.05) is 11.1 Å². The number of aromatic nitrogens is 1. The van der Waals surface area contributed by atoms with Gasteiger partial charge in [-0.3, -0.25) is 4.79 Å². The van der Waals surface area contributed by atoms with E-state index < -0.39 is 0 Å². The topological polar surface area (TPSA) is 42.0 Å². The molecule has 0 unspecified atom stereocenters. The monoisotopic (exact) mass is 354 g/mol. The Morgan fingerprint density at radius 2 is 2.09 bits per heavy atom. The van der Waals surface area contributed by atoms with E-state index in [1.165, 1.54) is 16.2 Å². The second-order valence-corrected chi connectivity index (χ2v) is 7.65. The maximum Gasteiger partial charge on any atom is 0.226 e. The van der Waals surface area contributed by atoms with E-state index in [1.54, 1.807) is 11.8 Å². The first-order chi connectivity index (χ1) is 10.5. The molecular formula is C16H19ClN2OS2. The Labute approximate surface area is 144 Å². The Hall–Kier alpha value is -1.04. The van der Waals surface area contributed by atoms with E-state index in [0.29, 0.717) is 17.5 Å². The van der Waals surface area contributed by atoms with Crippen molar-refractivity contribution in [2.24, 2.45) is 0 Å². The van der Waals surface area contributed by atoms with Gasteiger partial charge in [-0.2, -0.15) is 0 Å². The molecule has 1 N–H and O–H groups in total. The van der Waals surface area contributed by atoms with Gasteiger partial charge in [0.2, 0.25) is 5.91 Å². The normalized spacial score (nSPS) is 10.9. The molecule has 3 nitrogen and oxygen atoms in total. The van der Waals surface area contributed by atoms with Crippen molar-refractivity contribution >= 4 is 45.7 Å². The summed E-state index contributed by atoms with van der Waals surface area (Å²) >= 11 is 9.06. The Kier molecular flexibility index (Phi) is 6.73. The molecule has 118 valence electrons. The molecule has 0 spiro atoms. The highest BCUT2D eigenvalue weighted by Crippen LogP contribution is 2.23. The van der Waals surface area contributed by atoms with Gasteiger partial charge < -0.3 is 5.32 Å². The minimum Gasteiger partial charge on any atom is -0.302 e. The summed E-state index contributed by atoms with van der Waals surface area (Å²) in [7, 11) is 0. The Morgan fingerprint density at radius 1 is 1.36 bits per heavy atom. The van der Waals surface area contributed by atoms with Gasteiger partial charge in [0.05, 0.1) is 5.69 Å².